The molecular formula is C36H43N3O4. The standard InChI is InChI=1S/C36H43N3O4/c1-43-35(41)18-6-3-7-24-39(34(40)20-19-29-12-4-2-5-13-29)28-30-14-10-15-31(26-30)32-16-11-17-33(27-32)36(42)37-21-25-38-22-8-9-23-38/h2,4-5,10-17,19-20,26-27H,3,6-9,18,21-25,28H2,1H3,(H,37,42). The molecule has 1 fully saturated rings. The maximum absolute atomic E-state index is 13.3. The fourth-order valence-electron chi connectivity index (χ4n) is 5.30. The number of hydrogen-bond donors (Lipinski definition) is 1. The van der Waals surface area contributed by atoms with E-state index in [1.54, 1.807) is 6.08 Å². The number of ether oxygens (including phenoxy) is 1. The third-order valence-corrected chi connectivity index (χ3v) is 7.74. The van der Waals surface area contributed by atoms with E-state index in [2.05, 4.69) is 16.3 Å². The van der Waals surface area contributed by atoms with Gasteiger partial charge in [-0.2, -0.15) is 0 Å². The molecule has 43 heavy (non-hydrogen) atoms. The van der Waals surface area contributed by atoms with Crippen LogP contribution in [-0.4, -0.2) is 67.4 Å². The molecule has 226 valence electrons. The minimum absolute atomic E-state index is 0.0603. The summed E-state index contributed by atoms with van der Waals surface area (Å²) in [7, 11) is 1.40. The summed E-state index contributed by atoms with van der Waals surface area (Å²) in [5.41, 5.74) is 4.57. The number of hydrogen-bond acceptors (Lipinski definition) is 5. The Morgan fingerprint density at radius 2 is 1.63 bits per heavy atom. The lowest BCUT2D eigenvalue weighted by Crippen LogP contribution is -2.33. The molecule has 0 aromatic heterocycles. The van der Waals surface area contributed by atoms with Gasteiger partial charge in [-0.25, -0.2) is 0 Å². The largest absolute Gasteiger partial charge is 0.469 e. The van der Waals surface area contributed by atoms with Crippen molar-refractivity contribution in [2.45, 2.75) is 45.1 Å². The number of unbranched alkanes of at least 4 members (excludes halogenated alkanes) is 2. The van der Waals surface area contributed by atoms with Gasteiger partial charge in [-0.15, -0.1) is 0 Å². The summed E-state index contributed by atoms with van der Waals surface area (Å²) < 4.78 is 4.74. The molecule has 1 aliphatic heterocycles. The number of carbonyl (C=O) groups is 3. The van der Waals surface area contributed by atoms with E-state index in [0.29, 0.717) is 31.6 Å². The van der Waals surface area contributed by atoms with Gasteiger partial charge in [-0.1, -0.05) is 67.1 Å². The van der Waals surface area contributed by atoms with Crippen LogP contribution >= 0.6 is 0 Å². The summed E-state index contributed by atoms with van der Waals surface area (Å²) in [5.74, 6) is -0.333. The van der Waals surface area contributed by atoms with Gasteiger partial charge in [-0.3, -0.25) is 14.4 Å². The van der Waals surface area contributed by atoms with Crippen molar-refractivity contribution in [2.75, 3.05) is 39.8 Å². The topological polar surface area (TPSA) is 79.0 Å². The molecule has 0 radical (unpaired) electrons. The van der Waals surface area contributed by atoms with Crippen molar-refractivity contribution < 1.29 is 19.1 Å². The summed E-state index contributed by atoms with van der Waals surface area (Å²) >= 11 is 0. The quantitative estimate of drug-likeness (QED) is 0.136. The van der Waals surface area contributed by atoms with Crippen LogP contribution in [0.1, 0.15) is 60.0 Å². The average Bonchev–Trinajstić information content (AvgIpc) is 3.57. The molecule has 0 bridgehead atoms. The Bertz CT molecular complexity index is 1370. The van der Waals surface area contributed by atoms with Crippen LogP contribution in [0.2, 0.25) is 0 Å². The molecule has 2 amide bonds. The summed E-state index contributed by atoms with van der Waals surface area (Å²) in [6.45, 7) is 4.79. The number of benzene rings is 3. The van der Waals surface area contributed by atoms with Crippen LogP contribution in [0.25, 0.3) is 17.2 Å². The number of likely N-dealkylation sites (tertiary alicyclic amines) is 1. The highest BCUT2D eigenvalue weighted by atomic mass is 16.5. The third kappa shape index (κ3) is 10.5. The Labute approximate surface area is 255 Å². The highest BCUT2D eigenvalue weighted by Crippen LogP contribution is 2.23. The molecule has 0 aliphatic carbocycles. The molecule has 1 aliphatic rings. The number of esters is 1. The minimum Gasteiger partial charge on any atom is -0.469 e. The molecule has 1 N–H and O–H groups in total. The van der Waals surface area contributed by atoms with E-state index < -0.39 is 0 Å². The Hall–Kier alpha value is -4.23. The Kier molecular flexibility index (Phi) is 12.5. The molecular weight excluding hydrogens is 538 g/mol. The van der Waals surface area contributed by atoms with E-state index in [-0.39, 0.29) is 17.8 Å². The van der Waals surface area contributed by atoms with Gasteiger partial charge in [0.2, 0.25) is 5.91 Å². The van der Waals surface area contributed by atoms with Crippen LogP contribution in [-0.2, 0) is 20.9 Å². The zero-order valence-electron chi connectivity index (χ0n) is 25.2. The predicted molar refractivity (Wildman–Crippen MR) is 171 cm³/mol. The second kappa shape index (κ2) is 17.0. The van der Waals surface area contributed by atoms with Crippen molar-refractivity contribution in [3.8, 4) is 11.1 Å². The SMILES string of the molecule is COC(=O)CCCCCN(Cc1cccc(-c2cccc(C(=O)NCCN3CCCC3)c2)c1)C(=O)C=Cc1ccccc1. The van der Waals surface area contributed by atoms with E-state index in [0.717, 1.165) is 61.2 Å². The lowest BCUT2D eigenvalue weighted by molar-refractivity contribution is -0.140. The Balaban J connectivity index is 1.41. The van der Waals surface area contributed by atoms with Crippen molar-refractivity contribution in [1.29, 1.82) is 0 Å². The first-order valence-electron chi connectivity index (χ1n) is 15.3. The molecule has 7 heteroatoms. The summed E-state index contributed by atoms with van der Waals surface area (Å²) in [6.07, 6.45) is 8.67. The summed E-state index contributed by atoms with van der Waals surface area (Å²) in [6, 6.07) is 25.6. The molecule has 3 aromatic rings. The maximum Gasteiger partial charge on any atom is 0.305 e. The zero-order chi connectivity index (χ0) is 30.3. The molecule has 1 saturated heterocycles. The lowest BCUT2D eigenvalue weighted by atomic mass is 10.0. The van der Waals surface area contributed by atoms with Gasteiger partial charge < -0.3 is 19.9 Å². The second-order valence-corrected chi connectivity index (χ2v) is 11.0. The third-order valence-electron chi connectivity index (χ3n) is 7.74. The fraction of sp³-hybridized carbons (Fsp3) is 0.361. The van der Waals surface area contributed by atoms with Crippen molar-refractivity contribution in [3.05, 3.63) is 102 Å². The Morgan fingerprint density at radius 1 is 0.884 bits per heavy atom. The number of methoxy groups -OCH3 is 1. The number of rotatable bonds is 15. The van der Waals surface area contributed by atoms with Crippen LogP contribution in [0.5, 0.6) is 0 Å². The van der Waals surface area contributed by atoms with E-state index >= 15 is 0 Å². The van der Waals surface area contributed by atoms with E-state index in [4.69, 9.17) is 4.74 Å². The first-order chi connectivity index (χ1) is 21.0. The number of nitrogens with one attached hydrogen (secondary N) is 1. The van der Waals surface area contributed by atoms with E-state index in [1.165, 1.54) is 20.0 Å². The smallest absolute Gasteiger partial charge is 0.305 e. The zero-order valence-corrected chi connectivity index (χ0v) is 25.2. The Morgan fingerprint density at radius 3 is 2.40 bits per heavy atom. The molecule has 3 aromatic carbocycles. The molecule has 0 unspecified atom stereocenters. The van der Waals surface area contributed by atoms with Crippen molar-refractivity contribution in [2.24, 2.45) is 0 Å². The van der Waals surface area contributed by atoms with Gasteiger partial charge in [0.15, 0.2) is 0 Å². The molecule has 0 saturated carbocycles. The van der Waals surface area contributed by atoms with Crippen molar-refractivity contribution >= 4 is 23.9 Å². The highest BCUT2D eigenvalue weighted by molar-refractivity contribution is 5.95. The number of carbonyl (C=O) groups excluding carboxylic acids is 3. The fourth-order valence-corrected chi connectivity index (χ4v) is 5.30. The molecule has 0 atom stereocenters. The van der Waals surface area contributed by atoms with Gasteiger partial charge in [0.1, 0.15) is 0 Å². The maximum atomic E-state index is 13.3. The molecule has 0 spiro atoms. The lowest BCUT2D eigenvalue weighted by Gasteiger charge is -2.22. The summed E-state index contributed by atoms with van der Waals surface area (Å²) in [5, 5.41) is 3.06. The van der Waals surface area contributed by atoms with Crippen LogP contribution in [0.3, 0.4) is 0 Å². The van der Waals surface area contributed by atoms with Gasteiger partial charge in [-0.05, 0) is 85.3 Å². The van der Waals surface area contributed by atoms with Gasteiger partial charge in [0.25, 0.3) is 5.91 Å². The van der Waals surface area contributed by atoms with Crippen molar-refractivity contribution in [3.63, 3.8) is 0 Å². The van der Waals surface area contributed by atoms with Gasteiger partial charge in [0, 0.05) is 44.2 Å². The van der Waals surface area contributed by atoms with E-state index in [9.17, 15) is 14.4 Å². The normalized spacial score (nSPS) is 13.2. The van der Waals surface area contributed by atoms with Crippen molar-refractivity contribution in [1.82, 2.24) is 15.1 Å². The number of nitrogens with zero attached hydrogens (tertiary/aromatic N) is 2. The van der Waals surface area contributed by atoms with Crippen LogP contribution in [0, 0.1) is 0 Å². The summed E-state index contributed by atoms with van der Waals surface area (Å²) in [4.78, 5) is 41.8. The molecule has 1 heterocycles. The minimum atomic E-state index is -0.209. The predicted octanol–water partition coefficient (Wildman–Crippen LogP) is 5.95. The molecule has 7 nitrogen and oxygen atoms in total. The van der Waals surface area contributed by atoms with Crippen LogP contribution in [0.4, 0.5) is 0 Å². The molecule has 4 rings (SSSR count). The second-order valence-electron chi connectivity index (χ2n) is 11.0. The first kappa shape index (κ1) is 31.7. The highest BCUT2D eigenvalue weighted by Gasteiger charge is 2.14. The first-order valence-corrected chi connectivity index (χ1v) is 15.3. The van der Waals surface area contributed by atoms with Crippen LogP contribution < -0.4 is 5.32 Å². The monoisotopic (exact) mass is 581 g/mol. The van der Waals surface area contributed by atoms with E-state index in [1.807, 2.05) is 83.8 Å². The van der Waals surface area contributed by atoms with Gasteiger partial charge >= 0.3 is 5.97 Å². The average molecular weight is 582 g/mol. The van der Waals surface area contributed by atoms with Gasteiger partial charge in [0.05, 0.1) is 7.11 Å². The van der Waals surface area contributed by atoms with Crippen LogP contribution in [0.15, 0.2) is 84.9 Å². The number of amides is 2.